The van der Waals surface area contributed by atoms with Crippen LogP contribution in [0.15, 0.2) is 22.2 Å². The van der Waals surface area contributed by atoms with Gasteiger partial charge in [0.2, 0.25) is 0 Å². The second-order valence-electron chi connectivity index (χ2n) is 10.3. The predicted molar refractivity (Wildman–Crippen MR) is 142 cm³/mol. The average Bonchev–Trinajstić information content (AvgIpc) is 3.34. The highest BCUT2D eigenvalue weighted by molar-refractivity contribution is 7.85. The van der Waals surface area contributed by atoms with Crippen LogP contribution in [0.1, 0.15) is 71.1 Å². The Morgan fingerprint density at radius 1 is 1.12 bits per heavy atom. The summed E-state index contributed by atoms with van der Waals surface area (Å²) in [6.45, 7) is 16.1. The van der Waals surface area contributed by atoms with E-state index in [0.29, 0.717) is 12.0 Å². The van der Waals surface area contributed by atoms with Crippen molar-refractivity contribution in [3.8, 4) is 6.07 Å². The van der Waals surface area contributed by atoms with Gasteiger partial charge in [-0.1, -0.05) is 0 Å². The number of pyridine rings is 1. The molecule has 6 heteroatoms. The van der Waals surface area contributed by atoms with Gasteiger partial charge in [-0.2, -0.15) is 9.66 Å². The summed E-state index contributed by atoms with van der Waals surface area (Å²) in [4.78, 5) is 4.75. The van der Waals surface area contributed by atoms with Crippen molar-refractivity contribution < 1.29 is 4.21 Å². The molecule has 1 aliphatic carbocycles. The van der Waals surface area contributed by atoms with Gasteiger partial charge in [0, 0.05) is 36.2 Å². The molecule has 0 saturated heterocycles. The summed E-state index contributed by atoms with van der Waals surface area (Å²) in [5, 5.41) is 10.7. The zero-order valence-electron chi connectivity index (χ0n) is 21.5. The second-order valence-corrected chi connectivity index (χ2v) is 12.2. The van der Waals surface area contributed by atoms with Crippen LogP contribution in [0.25, 0.3) is 17.0 Å². The molecule has 0 saturated carbocycles. The maximum atomic E-state index is 13.3. The highest BCUT2D eigenvalue weighted by atomic mass is 32.2. The fraction of sp³-hybridized carbons (Fsp3) is 0.393. The molecule has 0 fully saturated rings. The zero-order chi connectivity index (χ0) is 25.1. The molecule has 4 rings (SSSR count). The summed E-state index contributed by atoms with van der Waals surface area (Å²) < 4.78 is 19.9. The van der Waals surface area contributed by atoms with Gasteiger partial charge < -0.3 is 4.57 Å². The van der Waals surface area contributed by atoms with Crippen LogP contribution in [-0.4, -0.2) is 24.2 Å². The van der Waals surface area contributed by atoms with Gasteiger partial charge in [0.05, 0.1) is 32.9 Å². The van der Waals surface area contributed by atoms with E-state index in [2.05, 4.69) is 56.8 Å². The lowest BCUT2D eigenvalue weighted by molar-refractivity contribution is 0.650. The van der Waals surface area contributed by atoms with E-state index in [9.17, 15) is 9.47 Å². The molecule has 1 atom stereocenters. The number of hydrogen-bond donors (Lipinski definition) is 0. The summed E-state index contributed by atoms with van der Waals surface area (Å²) in [5.41, 5.74) is 11.8. The number of rotatable bonds is 3. The molecule has 0 radical (unpaired) electrons. The lowest BCUT2D eigenvalue weighted by Crippen LogP contribution is -2.22. The van der Waals surface area contributed by atoms with Crippen LogP contribution in [-0.2, 0) is 24.5 Å². The molecule has 3 aromatic rings. The standard InChI is InChI=1S/C28H32N4OS/c1-15-16(2)25(21-10-11-32(9)27(21)17(15)3)26(31-34(33)28(6,7)8)20-12-22-18(4)23(14-29)19(5)30-24(22)13-20/h10-12H,13H2,1-9H3. The summed E-state index contributed by atoms with van der Waals surface area (Å²) >= 11 is 0. The van der Waals surface area contributed by atoms with E-state index in [4.69, 9.17) is 9.38 Å². The lowest BCUT2D eigenvalue weighted by atomic mass is 9.89. The van der Waals surface area contributed by atoms with Crippen molar-refractivity contribution in [2.45, 2.75) is 66.6 Å². The molecule has 0 N–H and O–H groups in total. The smallest absolute Gasteiger partial charge is 0.145 e. The number of nitrogens with zero attached hydrogens (tertiary/aromatic N) is 4. The summed E-state index contributed by atoms with van der Waals surface area (Å²) in [7, 11) is 0.624. The third kappa shape index (κ3) is 3.73. The third-order valence-electron chi connectivity index (χ3n) is 6.98. The lowest BCUT2D eigenvalue weighted by Gasteiger charge is -2.20. The number of nitriles is 1. The fourth-order valence-corrected chi connectivity index (χ4v) is 5.47. The van der Waals surface area contributed by atoms with Crippen molar-refractivity contribution in [3.05, 3.63) is 68.2 Å². The molecule has 176 valence electrons. The molecule has 0 bridgehead atoms. The van der Waals surface area contributed by atoms with Crippen LogP contribution in [0.4, 0.5) is 0 Å². The van der Waals surface area contributed by atoms with Gasteiger partial charge in [0.1, 0.15) is 17.1 Å². The molecule has 0 aliphatic heterocycles. The Balaban J connectivity index is 2.04. The number of hydrogen-bond acceptors (Lipinski definition) is 3. The fourth-order valence-electron chi connectivity index (χ4n) is 4.83. The first-order valence-electron chi connectivity index (χ1n) is 11.5. The summed E-state index contributed by atoms with van der Waals surface area (Å²) in [5.74, 6) is 0. The zero-order valence-corrected chi connectivity index (χ0v) is 22.4. The first-order valence-corrected chi connectivity index (χ1v) is 12.6. The molecule has 0 amide bonds. The molecule has 2 heterocycles. The number of aryl methyl sites for hydroxylation is 3. The van der Waals surface area contributed by atoms with Crippen molar-refractivity contribution in [2.24, 2.45) is 11.4 Å². The van der Waals surface area contributed by atoms with Crippen LogP contribution in [0.2, 0.25) is 0 Å². The Morgan fingerprint density at radius 2 is 1.79 bits per heavy atom. The van der Waals surface area contributed by atoms with Gasteiger partial charge in [-0.3, -0.25) is 4.98 Å². The first kappa shape index (κ1) is 24.1. The molecule has 1 aromatic carbocycles. The Labute approximate surface area is 204 Å². The van der Waals surface area contributed by atoms with E-state index in [-0.39, 0.29) is 0 Å². The van der Waals surface area contributed by atoms with E-state index in [1.165, 1.54) is 16.6 Å². The van der Waals surface area contributed by atoms with Crippen LogP contribution in [0, 0.1) is 45.9 Å². The van der Waals surface area contributed by atoms with Crippen LogP contribution in [0.5, 0.6) is 0 Å². The van der Waals surface area contributed by atoms with Gasteiger partial charge in [-0.15, -0.1) is 0 Å². The molecule has 5 nitrogen and oxygen atoms in total. The Bertz CT molecular complexity index is 1490. The Kier molecular flexibility index (Phi) is 5.90. The number of benzene rings is 1. The summed E-state index contributed by atoms with van der Waals surface area (Å²) in [6.07, 6.45) is 4.77. The van der Waals surface area contributed by atoms with E-state index in [1.807, 2.05) is 34.6 Å². The molecule has 1 unspecified atom stereocenters. The number of allylic oxidation sites excluding steroid dienone is 1. The minimum absolute atomic E-state index is 0.487. The van der Waals surface area contributed by atoms with Crippen LogP contribution in [0.3, 0.4) is 0 Å². The minimum Gasteiger partial charge on any atom is -0.350 e. The summed E-state index contributed by atoms with van der Waals surface area (Å²) in [6, 6.07) is 4.43. The molecule has 1 aliphatic rings. The van der Waals surface area contributed by atoms with E-state index in [1.54, 1.807) is 0 Å². The largest absolute Gasteiger partial charge is 0.350 e. The molecule has 2 aromatic heterocycles. The first-order chi connectivity index (χ1) is 15.9. The monoisotopic (exact) mass is 472 g/mol. The Hall–Kier alpha value is -3.04. The van der Waals surface area contributed by atoms with Crippen molar-refractivity contribution in [1.82, 2.24) is 9.55 Å². The topological polar surface area (TPSA) is 71.0 Å². The van der Waals surface area contributed by atoms with Gasteiger partial charge in [-0.25, -0.2) is 4.21 Å². The highest BCUT2D eigenvalue weighted by Gasteiger charge is 2.29. The van der Waals surface area contributed by atoms with Gasteiger partial charge in [-0.05, 0) is 95.4 Å². The molecule has 34 heavy (non-hydrogen) atoms. The van der Waals surface area contributed by atoms with Crippen molar-refractivity contribution in [3.63, 3.8) is 0 Å². The van der Waals surface area contributed by atoms with Gasteiger partial charge >= 0.3 is 0 Å². The number of fused-ring (bicyclic) bond motifs is 2. The Morgan fingerprint density at radius 3 is 2.41 bits per heavy atom. The normalized spacial score (nSPS) is 14.8. The van der Waals surface area contributed by atoms with E-state index in [0.717, 1.165) is 50.3 Å². The van der Waals surface area contributed by atoms with Crippen molar-refractivity contribution in [2.75, 3.05) is 0 Å². The maximum Gasteiger partial charge on any atom is 0.145 e. The van der Waals surface area contributed by atoms with Gasteiger partial charge in [0.15, 0.2) is 0 Å². The number of aromatic nitrogens is 2. The minimum atomic E-state index is -1.43. The second kappa shape index (κ2) is 8.32. The van der Waals surface area contributed by atoms with Gasteiger partial charge in [0.25, 0.3) is 0 Å². The molecular weight excluding hydrogens is 440 g/mol. The third-order valence-corrected chi connectivity index (χ3v) is 8.37. The van der Waals surface area contributed by atoms with E-state index >= 15 is 0 Å². The van der Waals surface area contributed by atoms with Crippen LogP contribution >= 0.6 is 0 Å². The van der Waals surface area contributed by atoms with Crippen molar-refractivity contribution >= 4 is 33.7 Å². The SMILES string of the molecule is Cc1nc2c(c(C)c1C#N)C=C(C(=NS(=O)C(C)(C)C)c1c(C)c(C)c(C)c3c1ccn3C)C2. The van der Waals surface area contributed by atoms with Crippen LogP contribution < -0.4 is 0 Å². The molecular formula is C28H32N4OS. The average molecular weight is 473 g/mol. The maximum absolute atomic E-state index is 13.3. The highest BCUT2D eigenvalue weighted by Crippen LogP contribution is 2.37. The molecule has 0 spiro atoms. The predicted octanol–water partition coefficient (Wildman–Crippen LogP) is 5.88. The van der Waals surface area contributed by atoms with Crippen molar-refractivity contribution in [1.29, 1.82) is 5.26 Å². The quantitative estimate of drug-likeness (QED) is 0.447. The van der Waals surface area contributed by atoms with E-state index < -0.39 is 15.7 Å².